The molecule has 1 aromatic carbocycles. The molecular formula is C15H20ClFO5. The Balaban J connectivity index is 1.97. The number of aliphatic hydroxyl groups is 2. The highest BCUT2D eigenvalue weighted by molar-refractivity contribution is 6.17. The van der Waals surface area contributed by atoms with Crippen molar-refractivity contribution in [3.05, 3.63) is 35.9 Å². The number of benzene rings is 1. The minimum Gasteiger partial charge on any atom is -0.394 e. The second kappa shape index (κ2) is 8.76. The summed E-state index contributed by atoms with van der Waals surface area (Å²) < 4.78 is 30.1. The molecular weight excluding hydrogens is 315 g/mol. The van der Waals surface area contributed by atoms with Crippen LogP contribution >= 0.6 is 11.6 Å². The van der Waals surface area contributed by atoms with Crippen LogP contribution in [0.1, 0.15) is 5.56 Å². The molecule has 2 rings (SSSR count). The van der Waals surface area contributed by atoms with Crippen LogP contribution in [0, 0.1) is 0 Å². The van der Waals surface area contributed by atoms with Crippen molar-refractivity contribution in [1.82, 2.24) is 0 Å². The summed E-state index contributed by atoms with van der Waals surface area (Å²) in [6, 6.07) is 9.27. The molecule has 0 aliphatic carbocycles. The van der Waals surface area contributed by atoms with Crippen molar-refractivity contribution >= 4 is 11.6 Å². The molecule has 0 radical (unpaired) electrons. The van der Waals surface area contributed by atoms with E-state index in [-0.39, 0.29) is 19.1 Å². The third-order valence-electron chi connectivity index (χ3n) is 3.42. The molecule has 0 saturated carbocycles. The number of rotatable bonds is 7. The number of hydrogen-bond donors (Lipinski definition) is 2. The Bertz CT molecular complexity index is 433. The van der Waals surface area contributed by atoms with Gasteiger partial charge in [-0.1, -0.05) is 30.3 Å². The number of alkyl halides is 2. The average molecular weight is 335 g/mol. The molecule has 2 N–H and O–H groups in total. The molecule has 5 nitrogen and oxygen atoms in total. The Labute approximate surface area is 133 Å². The summed E-state index contributed by atoms with van der Waals surface area (Å²) in [5.74, 6) is 0.181. The largest absolute Gasteiger partial charge is 0.394 e. The number of halogens is 2. The molecule has 1 fully saturated rings. The second-order valence-corrected chi connectivity index (χ2v) is 5.36. The highest BCUT2D eigenvalue weighted by Crippen LogP contribution is 2.27. The van der Waals surface area contributed by atoms with E-state index in [1.165, 1.54) is 0 Å². The van der Waals surface area contributed by atoms with Crippen LogP contribution in [0.25, 0.3) is 0 Å². The van der Waals surface area contributed by atoms with Crippen molar-refractivity contribution in [1.29, 1.82) is 0 Å². The van der Waals surface area contributed by atoms with Crippen molar-refractivity contribution in [3.8, 4) is 0 Å². The van der Waals surface area contributed by atoms with Crippen LogP contribution in [0.2, 0.25) is 0 Å². The van der Waals surface area contributed by atoms with Gasteiger partial charge in [0.2, 0.25) is 0 Å². The van der Waals surface area contributed by atoms with E-state index in [1.54, 1.807) is 0 Å². The van der Waals surface area contributed by atoms with E-state index in [0.717, 1.165) is 5.56 Å². The van der Waals surface area contributed by atoms with E-state index in [1.807, 2.05) is 30.3 Å². The van der Waals surface area contributed by atoms with Gasteiger partial charge in [-0.3, -0.25) is 0 Å². The maximum absolute atomic E-state index is 14.1. The molecule has 1 aromatic rings. The zero-order valence-corrected chi connectivity index (χ0v) is 12.7. The van der Waals surface area contributed by atoms with Crippen molar-refractivity contribution in [2.75, 3.05) is 19.1 Å². The summed E-state index contributed by atoms with van der Waals surface area (Å²) in [6.07, 6.45) is -6.33. The molecule has 5 atom stereocenters. The van der Waals surface area contributed by atoms with E-state index in [0.29, 0.717) is 0 Å². The first-order valence-electron chi connectivity index (χ1n) is 7.09. The smallest absolute Gasteiger partial charge is 0.192 e. The third-order valence-corrected chi connectivity index (χ3v) is 3.58. The average Bonchev–Trinajstić information content (AvgIpc) is 2.56. The van der Waals surface area contributed by atoms with Gasteiger partial charge in [0.25, 0.3) is 0 Å². The second-order valence-electron chi connectivity index (χ2n) is 4.98. The number of aliphatic hydroxyl groups excluding tert-OH is 2. The molecule has 124 valence electrons. The maximum Gasteiger partial charge on any atom is 0.192 e. The maximum atomic E-state index is 14.1. The van der Waals surface area contributed by atoms with Crippen molar-refractivity contribution in [3.63, 3.8) is 0 Å². The lowest BCUT2D eigenvalue weighted by atomic mass is 10.00. The van der Waals surface area contributed by atoms with Gasteiger partial charge >= 0.3 is 0 Å². The topological polar surface area (TPSA) is 68.2 Å². The van der Waals surface area contributed by atoms with Crippen LogP contribution in [0.3, 0.4) is 0 Å². The van der Waals surface area contributed by atoms with E-state index >= 15 is 0 Å². The zero-order chi connectivity index (χ0) is 15.9. The Morgan fingerprint density at radius 1 is 1.23 bits per heavy atom. The molecule has 0 bridgehead atoms. The van der Waals surface area contributed by atoms with Crippen LogP contribution < -0.4 is 0 Å². The fourth-order valence-corrected chi connectivity index (χ4v) is 2.39. The zero-order valence-electron chi connectivity index (χ0n) is 12.0. The molecule has 22 heavy (non-hydrogen) atoms. The van der Waals surface area contributed by atoms with E-state index in [4.69, 9.17) is 25.8 Å². The lowest BCUT2D eigenvalue weighted by Gasteiger charge is -2.40. The molecule has 0 amide bonds. The van der Waals surface area contributed by atoms with Crippen molar-refractivity contribution in [2.24, 2.45) is 0 Å². The van der Waals surface area contributed by atoms with Crippen molar-refractivity contribution < 1.29 is 28.8 Å². The molecule has 1 saturated heterocycles. The minimum atomic E-state index is -1.77. The van der Waals surface area contributed by atoms with Gasteiger partial charge in [0.15, 0.2) is 12.5 Å². The quantitative estimate of drug-likeness (QED) is 0.734. The van der Waals surface area contributed by atoms with Crippen molar-refractivity contribution in [2.45, 2.75) is 37.4 Å². The predicted octanol–water partition coefficient (Wildman–Crippen LogP) is 1.24. The lowest BCUT2D eigenvalue weighted by Crippen LogP contribution is -2.58. The van der Waals surface area contributed by atoms with Gasteiger partial charge < -0.3 is 24.4 Å². The third kappa shape index (κ3) is 4.38. The van der Waals surface area contributed by atoms with Crippen LogP contribution in [-0.4, -0.2) is 60.1 Å². The Morgan fingerprint density at radius 3 is 2.59 bits per heavy atom. The van der Waals surface area contributed by atoms with Gasteiger partial charge in [0, 0.05) is 5.88 Å². The fraction of sp³-hybridized carbons (Fsp3) is 0.600. The summed E-state index contributed by atoms with van der Waals surface area (Å²) in [4.78, 5) is 0. The van der Waals surface area contributed by atoms with E-state index in [2.05, 4.69) is 0 Å². The Morgan fingerprint density at radius 2 is 1.95 bits per heavy atom. The van der Waals surface area contributed by atoms with Gasteiger partial charge in [-0.15, -0.1) is 11.6 Å². The fourth-order valence-electron chi connectivity index (χ4n) is 2.30. The Hall–Kier alpha value is -0.760. The monoisotopic (exact) mass is 334 g/mol. The SMILES string of the molecule is OC[C@H]1O[C@@H](OCCCl)[C@H](F)[C@@H](O)[C@@H]1OCc1ccccc1. The molecule has 0 spiro atoms. The number of hydrogen-bond acceptors (Lipinski definition) is 5. The normalized spacial score (nSPS) is 32.1. The summed E-state index contributed by atoms with van der Waals surface area (Å²) >= 11 is 5.48. The molecule has 7 heteroatoms. The molecule has 0 aromatic heterocycles. The van der Waals surface area contributed by atoms with Gasteiger partial charge in [0.05, 0.1) is 19.8 Å². The first kappa shape index (κ1) is 17.6. The summed E-state index contributed by atoms with van der Waals surface area (Å²) in [5, 5.41) is 19.5. The van der Waals surface area contributed by atoms with Crippen LogP contribution in [0.4, 0.5) is 4.39 Å². The van der Waals surface area contributed by atoms with Crippen LogP contribution in [0.5, 0.6) is 0 Å². The van der Waals surface area contributed by atoms with Gasteiger partial charge in [0.1, 0.15) is 18.3 Å². The first-order chi connectivity index (χ1) is 10.7. The van der Waals surface area contributed by atoms with Gasteiger partial charge in [-0.05, 0) is 5.56 Å². The summed E-state index contributed by atoms with van der Waals surface area (Å²) in [6.45, 7) is -0.140. The van der Waals surface area contributed by atoms with E-state index < -0.39 is 37.4 Å². The highest BCUT2D eigenvalue weighted by atomic mass is 35.5. The Kier molecular flexibility index (Phi) is 7.01. The van der Waals surface area contributed by atoms with Crippen LogP contribution in [0.15, 0.2) is 30.3 Å². The minimum absolute atomic E-state index is 0.0903. The highest BCUT2D eigenvalue weighted by Gasteiger charge is 2.46. The van der Waals surface area contributed by atoms with Crippen LogP contribution in [-0.2, 0) is 20.8 Å². The van der Waals surface area contributed by atoms with Gasteiger partial charge in [-0.25, -0.2) is 4.39 Å². The molecule has 1 aliphatic rings. The molecule has 0 unspecified atom stereocenters. The number of ether oxygens (including phenoxy) is 3. The summed E-state index contributed by atoms with van der Waals surface area (Å²) in [7, 11) is 0. The van der Waals surface area contributed by atoms with E-state index in [9.17, 15) is 14.6 Å². The summed E-state index contributed by atoms with van der Waals surface area (Å²) in [5.41, 5.74) is 0.877. The standard InChI is InChI=1S/C15H20ClFO5/c16-6-7-20-15-12(17)13(19)14(11(8-18)22-15)21-9-10-4-2-1-3-5-10/h1-5,11-15,18-19H,6-9H2/t11-,12-,13-,14-,15-/m1/s1. The predicted molar refractivity (Wildman–Crippen MR) is 78.3 cm³/mol. The lowest BCUT2D eigenvalue weighted by molar-refractivity contribution is -0.294. The first-order valence-corrected chi connectivity index (χ1v) is 7.62. The molecule has 1 aliphatic heterocycles. The van der Waals surface area contributed by atoms with Gasteiger partial charge in [-0.2, -0.15) is 0 Å². The molecule has 1 heterocycles.